The Morgan fingerprint density at radius 1 is 1.05 bits per heavy atom. The summed E-state index contributed by atoms with van der Waals surface area (Å²) in [4.78, 5) is 13.8. The number of rotatable bonds is 6. The summed E-state index contributed by atoms with van der Waals surface area (Å²) < 4.78 is 5.80. The summed E-state index contributed by atoms with van der Waals surface area (Å²) in [6, 6.07) is 13.9. The molecule has 1 amide bonds. The molecule has 0 unspecified atom stereocenters. The van der Waals surface area contributed by atoms with Gasteiger partial charge in [0.2, 0.25) is 5.91 Å². The molecular formula is C17H21NO2. The number of carbonyl (C=O) groups excluding carboxylic acids is 1. The molecule has 0 aliphatic rings. The SMILES string of the molecule is CCN(CC)C(=O)CCc1ccc(-c2ccccc2)o1. The Hall–Kier alpha value is -2.03. The fourth-order valence-corrected chi connectivity index (χ4v) is 2.23. The molecule has 1 heterocycles. The van der Waals surface area contributed by atoms with E-state index >= 15 is 0 Å². The predicted octanol–water partition coefficient (Wildman–Crippen LogP) is 3.75. The van der Waals surface area contributed by atoms with Crippen molar-refractivity contribution in [3.63, 3.8) is 0 Å². The van der Waals surface area contributed by atoms with Crippen molar-refractivity contribution in [3.05, 3.63) is 48.2 Å². The minimum atomic E-state index is 0.188. The lowest BCUT2D eigenvalue weighted by molar-refractivity contribution is -0.130. The summed E-state index contributed by atoms with van der Waals surface area (Å²) in [5.74, 6) is 1.91. The summed E-state index contributed by atoms with van der Waals surface area (Å²) in [6.07, 6.45) is 1.16. The van der Waals surface area contributed by atoms with Crippen LogP contribution in [0.25, 0.3) is 11.3 Å². The summed E-state index contributed by atoms with van der Waals surface area (Å²) in [5.41, 5.74) is 1.06. The zero-order valence-corrected chi connectivity index (χ0v) is 12.1. The maximum absolute atomic E-state index is 11.9. The van der Waals surface area contributed by atoms with Crippen molar-refractivity contribution in [2.45, 2.75) is 26.7 Å². The molecule has 1 aromatic carbocycles. The lowest BCUT2D eigenvalue weighted by Gasteiger charge is -2.17. The van der Waals surface area contributed by atoms with Crippen molar-refractivity contribution < 1.29 is 9.21 Å². The van der Waals surface area contributed by atoms with E-state index in [-0.39, 0.29) is 5.91 Å². The Kier molecular flexibility index (Phi) is 4.99. The van der Waals surface area contributed by atoms with Crippen molar-refractivity contribution in [2.24, 2.45) is 0 Å². The fourth-order valence-electron chi connectivity index (χ4n) is 2.23. The topological polar surface area (TPSA) is 33.5 Å². The van der Waals surface area contributed by atoms with Gasteiger partial charge in [0.15, 0.2) is 0 Å². The van der Waals surface area contributed by atoms with Gasteiger partial charge in [0.05, 0.1) is 0 Å². The molecule has 0 aliphatic heterocycles. The van der Waals surface area contributed by atoms with Crippen LogP contribution in [0.5, 0.6) is 0 Å². The van der Waals surface area contributed by atoms with Crippen molar-refractivity contribution in [1.82, 2.24) is 4.90 Å². The largest absolute Gasteiger partial charge is 0.461 e. The molecule has 20 heavy (non-hydrogen) atoms. The minimum Gasteiger partial charge on any atom is -0.461 e. The molecule has 0 saturated heterocycles. The van der Waals surface area contributed by atoms with E-state index in [0.29, 0.717) is 12.8 Å². The van der Waals surface area contributed by atoms with E-state index in [1.165, 1.54) is 0 Å². The second kappa shape index (κ2) is 6.94. The second-order valence-corrected chi connectivity index (χ2v) is 4.70. The molecule has 1 aromatic heterocycles. The third-order valence-corrected chi connectivity index (χ3v) is 3.42. The van der Waals surface area contributed by atoms with Crippen LogP contribution >= 0.6 is 0 Å². The summed E-state index contributed by atoms with van der Waals surface area (Å²) in [6.45, 7) is 5.54. The Labute approximate surface area is 120 Å². The molecule has 0 saturated carbocycles. The van der Waals surface area contributed by atoms with Gasteiger partial charge in [-0.25, -0.2) is 0 Å². The van der Waals surface area contributed by atoms with Crippen LogP contribution in [-0.2, 0) is 11.2 Å². The third kappa shape index (κ3) is 3.50. The molecule has 0 N–H and O–H groups in total. The van der Waals surface area contributed by atoms with Crippen molar-refractivity contribution in [1.29, 1.82) is 0 Å². The number of carbonyl (C=O) groups is 1. The first-order valence-electron chi connectivity index (χ1n) is 7.16. The molecule has 0 atom stereocenters. The van der Waals surface area contributed by atoms with Gasteiger partial charge in [0.1, 0.15) is 11.5 Å². The number of benzene rings is 1. The Morgan fingerprint density at radius 2 is 1.75 bits per heavy atom. The first-order valence-corrected chi connectivity index (χ1v) is 7.16. The van der Waals surface area contributed by atoms with Crippen LogP contribution < -0.4 is 0 Å². The average Bonchev–Trinajstić information content (AvgIpc) is 2.96. The standard InChI is InChI=1S/C17H21NO2/c1-3-18(4-2)17(19)13-11-15-10-12-16(20-15)14-8-6-5-7-9-14/h5-10,12H,3-4,11,13H2,1-2H3. The van der Waals surface area contributed by atoms with E-state index in [9.17, 15) is 4.79 Å². The number of amides is 1. The highest BCUT2D eigenvalue weighted by Crippen LogP contribution is 2.22. The van der Waals surface area contributed by atoms with Gasteiger partial charge in [0.25, 0.3) is 0 Å². The van der Waals surface area contributed by atoms with E-state index in [2.05, 4.69) is 0 Å². The lowest BCUT2D eigenvalue weighted by atomic mass is 10.2. The highest BCUT2D eigenvalue weighted by atomic mass is 16.3. The minimum absolute atomic E-state index is 0.188. The average molecular weight is 271 g/mol. The van der Waals surface area contributed by atoms with Crippen molar-refractivity contribution in [3.8, 4) is 11.3 Å². The van der Waals surface area contributed by atoms with Crippen LogP contribution in [0, 0.1) is 0 Å². The van der Waals surface area contributed by atoms with Crippen LogP contribution in [0.3, 0.4) is 0 Å². The van der Waals surface area contributed by atoms with Crippen LogP contribution in [-0.4, -0.2) is 23.9 Å². The Bertz CT molecular complexity index is 541. The van der Waals surface area contributed by atoms with Gasteiger partial charge in [-0.05, 0) is 26.0 Å². The highest BCUT2D eigenvalue weighted by molar-refractivity contribution is 5.76. The second-order valence-electron chi connectivity index (χ2n) is 4.70. The molecule has 0 aliphatic carbocycles. The van der Waals surface area contributed by atoms with E-state index < -0.39 is 0 Å². The monoisotopic (exact) mass is 271 g/mol. The molecule has 0 fully saturated rings. The molecule has 106 valence electrons. The van der Waals surface area contributed by atoms with E-state index in [1.54, 1.807) is 0 Å². The van der Waals surface area contributed by atoms with Crippen molar-refractivity contribution in [2.75, 3.05) is 13.1 Å². The molecular weight excluding hydrogens is 250 g/mol. The third-order valence-electron chi connectivity index (χ3n) is 3.42. The fraction of sp³-hybridized carbons (Fsp3) is 0.353. The van der Waals surface area contributed by atoms with Gasteiger partial charge in [-0.2, -0.15) is 0 Å². The maximum Gasteiger partial charge on any atom is 0.222 e. The molecule has 3 heteroatoms. The van der Waals surface area contributed by atoms with Gasteiger partial charge < -0.3 is 9.32 Å². The van der Waals surface area contributed by atoms with E-state index in [0.717, 1.165) is 30.2 Å². The number of furan rings is 1. The normalized spacial score (nSPS) is 10.5. The molecule has 0 radical (unpaired) electrons. The smallest absolute Gasteiger partial charge is 0.222 e. The van der Waals surface area contributed by atoms with Gasteiger partial charge in [-0.1, -0.05) is 30.3 Å². The number of aryl methyl sites for hydroxylation is 1. The van der Waals surface area contributed by atoms with Gasteiger partial charge in [-0.15, -0.1) is 0 Å². The first-order chi connectivity index (χ1) is 9.74. The van der Waals surface area contributed by atoms with Crippen molar-refractivity contribution >= 4 is 5.91 Å². The molecule has 2 aromatic rings. The van der Waals surface area contributed by atoms with Gasteiger partial charge >= 0.3 is 0 Å². The lowest BCUT2D eigenvalue weighted by Crippen LogP contribution is -2.30. The van der Waals surface area contributed by atoms with Gasteiger partial charge in [0, 0.05) is 31.5 Å². The number of hydrogen-bond acceptors (Lipinski definition) is 2. The molecule has 0 bridgehead atoms. The highest BCUT2D eigenvalue weighted by Gasteiger charge is 2.11. The van der Waals surface area contributed by atoms with Crippen LogP contribution in [0.15, 0.2) is 46.9 Å². The first kappa shape index (κ1) is 14.4. The van der Waals surface area contributed by atoms with Crippen LogP contribution in [0.4, 0.5) is 0 Å². The molecule has 0 spiro atoms. The summed E-state index contributed by atoms with van der Waals surface area (Å²) >= 11 is 0. The number of hydrogen-bond donors (Lipinski definition) is 0. The van der Waals surface area contributed by atoms with Crippen LogP contribution in [0.2, 0.25) is 0 Å². The molecule has 3 nitrogen and oxygen atoms in total. The zero-order chi connectivity index (χ0) is 14.4. The Balaban J connectivity index is 1.95. The van der Waals surface area contributed by atoms with E-state index in [1.807, 2.05) is 61.2 Å². The predicted molar refractivity (Wildman–Crippen MR) is 80.4 cm³/mol. The summed E-state index contributed by atoms with van der Waals surface area (Å²) in [7, 11) is 0. The molecule has 2 rings (SSSR count). The quantitative estimate of drug-likeness (QED) is 0.801. The summed E-state index contributed by atoms with van der Waals surface area (Å²) in [5, 5.41) is 0. The maximum atomic E-state index is 11.9. The van der Waals surface area contributed by atoms with Crippen LogP contribution in [0.1, 0.15) is 26.0 Å². The zero-order valence-electron chi connectivity index (χ0n) is 12.1. The van der Waals surface area contributed by atoms with E-state index in [4.69, 9.17) is 4.42 Å². The number of nitrogens with zero attached hydrogens (tertiary/aromatic N) is 1. The van der Waals surface area contributed by atoms with Gasteiger partial charge in [-0.3, -0.25) is 4.79 Å². The Morgan fingerprint density at radius 3 is 2.40 bits per heavy atom.